The second kappa shape index (κ2) is 6.38. The van der Waals surface area contributed by atoms with Crippen LogP contribution in [0.25, 0.3) is 0 Å². The van der Waals surface area contributed by atoms with Gasteiger partial charge in [-0.05, 0) is 66.2 Å². The molecule has 0 aromatic carbocycles. The van der Waals surface area contributed by atoms with Crippen LogP contribution in [0.1, 0.15) is 35.3 Å². The summed E-state index contributed by atoms with van der Waals surface area (Å²) < 4.78 is 1.23. The van der Waals surface area contributed by atoms with Gasteiger partial charge in [0.1, 0.15) is 5.69 Å². The maximum absolute atomic E-state index is 13.2. The van der Waals surface area contributed by atoms with Gasteiger partial charge in [-0.3, -0.25) is 9.59 Å². The van der Waals surface area contributed by atoms with E-state index in [0.29, 0.717) is 12.2 Å². The topological polar surface area (TPSA) is 67.2 Å². The summed E-state index contributed by atoms with van der Waals surface area (Å²) in [4.78, 5) is 26.7. The van der Waals surface area contributed by atoms with Gasteiger partial charge in [0.15, 0.2) is 0 Å². The van der Waals surface area contributed by atoms with E-state index in [-0.39, 0.29) is 22.9 Å². The van der Waals surface area contributed by atoms with Crippen LogP contribution in [0, 0.1) is 5.41 Å². The van der Waals surface area contributed by atoms with Crippen molar-refractivity contribution in [2.45, 2.75) is 31.8 Å². The van der Waals surface area contributed by atoms with Crippen molar-refractivity contribution in [2.75, 3.05) is 13.1 Å². The molecule has 1 N–H and O–H groups in total. The first-order chi connectivity index (χ1) is 12.1. The van der Waals surface area contributed by atoms with Crippen LogP contribution in [0.15, 0.2) is 33.8 Å². The quantitative estimate of drug-likeness (QED) is 0.902. The molecule has 1 atom stereocenters. The number of nitrogens with zero attached hydrogens (tertiary/aromatic N) is 3. The summed E-state index contributed by atoms with van der Waals surface area (Å²) in [6.45, 7) is 2.65. The zero-order chi connectivity index (χ0) is 17.4. The minimum Gasteiger partial charge on any atom is -0.329 e. The highest BCUT2D eigenvalue weighted by Crippen LogP contribution is 2.56. The molecule has 0 radical (unpaired) electrons. The van der Waals surface area contributed by atoms with Crippen LogP contribution in [0.5, 0.6) is 0 Å². The Hall–Kier alpha value is -1.99. The van der Waals surface area contributed by atoms with Crippen molar-refractivity contribution in [3.05, 3.63) is 50.6 Å². The molecule has 1 aliphatic heterocycles. The fourth-order valence-corrected chi connectivity index (χ4v) is 4.56. The van der Waals surface area contributed by atoms with Crippen molar-refractivity contribution >= 4 is 17.2 Å². The van der Waals surface area contributed by atoms with Gasteiger partial charge < -0.3 is 10.2 Å². The molecule has 1 saturated heterocycles. The van der Waals surface area contributed by atoms with Crippen molar-refractivity contribution in [1.29, 1.82) is 0 Å². The summed E-state index contributed by atoms with van der Waals surface area (Å²) in [6, 6.07) is 5.29. The lowest BCUT2D eigenvalue weighted by atomic mass is 9.93. The largest absolute Gasteiger partial charge is 0.329 e. The van der Waals surface area contributed by atoms with Gasteiger partial charge in [0.05, 0.1) is 0 Å². The van der Waals surface area contributed by atoms with Gasteiger partial charge in [-0.15, -0.1) is 0 Å². The summed E-state index contributed by atoms with van der Waals surface area (Å²) in [6.07, 6.45) is 3.30. The molecule has 1 amide bonds. The average molecular weight is 358 g/mol. The smallest absolute Gasteiger partial charge is 0.274 e. The first-order valence-electron chi connectivity index (χ1n) is 8.66. The molecular weight excluding hydrogens is 336 g/mol. The van der Waals surface area contributed by atoms with E-state index in [2.05, 4.69) is 21.9 Å². The van der Waals surface area contributed by atoms with Crippen molar-refractivity contribution < 1.29 is 4.79 Å². The molecule has 4 rings (SSSR count). The third kappa shape index (κ3) is 3.14. The molecule has 1 saturated carbocycles. The van der Waals surface area contributed by atoms with Crippen molar-refractivity contribution in [3.63, 3.8) is 0 Å². The Kier molecular flexibility index (Phi) is 4.21. The highest BCUT2D eigenvalue weighted by atomic mass is 32.1. The molecule has 0 unspecified atom stereocenters. The SMILES string of the molecule is Cn1nc(C(=O)N(Cc2ccsc2)[C@H]2CC23CCNCC3)ccc1=O. The molecule has 25 heavy (non-hydrogen) atoms. The molecule has 7 heteroatoms. The normalized spacial score (nSPS) is 21.2. The summed E-state index contributed by atoms with van der Waals surface area (Å²) in [7, 11) is 1.58. The predicted molar refractivity (Wildman–Crippen MR) is 96.6 cm³/mol. The highest BCUT2D eigenvalue weighted by molar-refractivity contribution is 7.07. The van der Waals surface area contributed by atoms with E-state index in [4.69, 9.17) is 0 Å². The zero-order valence-electron chi connectivity index (χ0n) is 14.3. The fraction of sp³-hybridized carbons (Fsp3) is 0.500. The number of nitrogens with one attached hydrogen (secondary N) is 1. The molecule has 3 heterocycles. The van der Waals surface area contributed by atoms with Crippen LogP contribution in [0.3, 0.4) is 0 Å². The van der Waals surface area contributed by atoms with Gasteiger partial charge in [-0.1, -0.05) is 0 Å². The van der Waals surface area contributed by atoms with Crippen molar-refractivity contribution in [3.8, 4) is 0 Å². The van der Waals surface area contributed by atoms with Gasteiger partial charge in [-0.2, -0.15) is 16.4 Å². The minimum absolute atomic E-state index is 0.0813. The number of thiophene rings is 1. The monoisotopic (exact) mass is 358 g/mol. The molecule has 2 aliphatic rings. The van der Waals surface area contributed by atoms with E-state index in [0.717, 1.165) is 37.9 Å². The molecule has 0 bridgehead atoms. The summed E-state index contributed by atoms with van der Waals surface area (Å²) in [5.74, 6) is -0.0813. The number of carbonyl (C=O) groups is 1. The number of hydrogen-bond acceptors (Lipinski definition) is 5. The molecule has 132 valence electrons. The number of amides is 1. The molecule has 2 fully saturated rings. The van der Waals surface area contributed by atoms with E-state index in [1.807, 2.05) is 10.3 Å². The van der Waals surface area contributed by atoms with Crippen LogP contribution >= 0.6 is 11.3 Å². The third-order valence-electron chi connectivity index (χ3n) is 5.50. The summed E-state index contributed by atoms with van der Waals surface area (Å²) in [5, 5.41) is 11.7. The van der Waals surface area contributed by atoms with Gasteiger partial charge in [-0.25, -0.2) is 4.68 Å². The molecular formula is C18H22N4O2S. The number of aromatic nitrogens is 2. The van der Waals surface area contributed by atoms with Gasteiger partial charge in [0.25, 0.3) is 11.5 Å². The van der Waals surface area contributed by atoms with Gasteiger partial charge in [0.2, 0.25) is 0 Å². The lowest BCUT2D eigenvalue weighted by Gasteiger charge is -2.29. The summed E-state index contributed by atoms with van der Waals surface area (Å²) >= 11 is 1.64. The minimum atomic E-state index is -0.206. The van der Waals surface area contributed by atoms with Crippen LogP contribution < -0.4 is 10.9 Å². The Morgan fingerprint density at radius 3 is 2.88 bits per heavy atom. The Morgan fingerprint density at radius 1 is 1.40 bits per heavy atom. The second-order valence-electron chi connectivity index (χ2n) is 7.08. The molecule has 2 aromatic heterocycles. The van der Waals surface area contributed by atoms with E-state index in [1.54, 1.807) is 24.5 Å². The summed E-state index contributed by atoms with van der Waals surface area (Å²) in [5.41, 5.74) is 1.55. The number of aryl methyl sites for hydroxylation is 1. The predicted octanol–water partition coefficient (Wildman–Crippen LogP) is 1.63. The molecule has 1 spiro atoms. The van der Waals surface area contributed by atoms with Gasteiger partial charge in [0, 0.05) is 25.7 Å². The number of hydrogen-bond donors (Lipinski definition) is 1. The molecule has 1 aliphatic carbocycles. The maximum Gasteiger partial charge on any atom is 0.274 e. The van der Waals surface area contributed by atoms with Gasteiger partial charge >= 0.3 is 0 Å². The van der Waals surface area contributed by atoms with Crippen molar-refractivity contribution in [1.82, 2.24) is 20.0 Å². The van der Waals surface area contributed by atoms with Crippen LogP contribution in [0.2, 0.25) is 0 Å². The van der Waals surface area contributed by atoms with E-state index in [1.165, 1.54) is 10.7 Å². The Bertz CT molecular complexity index is 824. The lowest BCUT2D eigenvalue weighted by molar-refractivity contribution is 0.0683. The van der Waals surface area contributed by atoms with Crippen LogP contribution in [-0.4, -0.2) is 39.7 Å². The molecule has 2 aromatic rings. The Balaban J connectivity index is 1.62. The van der Waals surface area contributed by atoms with E-state index in [9.17, 15) is 9.59 Å². The Morgan fingerprint density at radius 2 is 2.20 bits per heavy atom. The maximum atomic E-state index is 13.2. The number of rotatable bonds is 4. The zero-order valence-corrected chi connectivity index (χ0v) is 15.1. The lowest BCUT2D eigenvalue weighted by Crippen LogP contribution is -2.40. The second-order valence-corrected chi connectivity index (χ2v) is 7.86. The number of piperidine rings is 1. The standard InChI is InChI=1S/C18H22N4O2S/c1-21-16(23)3-2-14(20-21)17(24)22(11-13-4-9-25-12-13)15-10-18(15)5-7-19-8-6-18/h2-4,9,12,15,19H,5-8,10-11H2,1H3/t15-/m0/s1. The Labute approximate surface area is 150 Å². The third-order valence-corrected chi connectivity index (χ3v) is 6.23. The number of carbonyl (C=O) groups excluding carboxylic acids is 1. The van der Waals surface area contributed by atoms with E-state index >= 15 is 0 Å². The average Bonchev–Trinajstić information content (AvgIpc) is 3.06. The van der Waals surface area contributed by atoms with E-state index < -0.39 is 0 Å². The first-order valence-corrected chi connectivity index (χ1v) is 9.60. The molecule has 6 nitrogen and oxygen atoms in total. The van der Waals surface area contributed by atoms with Crippen molar-refractivity contribution in [2.24, 2.45) is 12.5 Å². The highest BCUT2D eigenvalue weighted by Gasteiger charge is 2.57. The first kappa shape index (κ1) is 16.5. The van der Waals surface area contributed by atoms with Crippen LogP contribution in [0.4, 0.5) is 0 Å². The fourth-order valence-electron chi connectivity index (χ4n) is 3.90. The van der Waals surface area contributed by atoms with Crippen LogP contribution in [-0.2, 0) is 13.6 Å².